The molecule has 1 atom stereocenters. The zero-order valence-corrected chi connectivity index (χ0v) is 13.9. The number of aliphatic hydroxyl groups excluding tert-OH is 1. The Labute approximate surface area is 140 Å². The molecule has 0 saturated heterocycles. The van der Waals surface area contributed by atoms with E-state index in [0.29, 0.717) is 0 Å². The molecule has 0 bridgehead atoms. The van der Waals surface area contributed by atoms with E-state index in [0.717, 1.165) is 0 Å². The van der Waals surface area contributed by atoms with Gasteiger partial charge in [0.25, 0.3) is 0 Å². The van der Waals surface area contributed by atoms with Gasteiger partial charge in [-0.1, -0.05) is 13.8 Å². The van der Waals surface area contributed by atoms with Crippen LogP contribution in [0.5, 0.6) is 0 Å². The summed E-state index contributed by atoms with van der Waals surface area (Å²) in [5.41, 5.74) is 0. The summed E-state index contributed by atoms with van der Waals surface area (Å²) in [5.74, 6) is -2.30. The van der Waals surface area contributed by atoms with Crippen molar-refractivity contribution in [1.82, 2.24) is 0 Å². The molecule has 0 saturated carbocycles. The monoisotopic (exact) mass is 348 g/mol. The number of hydrogen-bond acceptors (Lipinski definition) is 9. The molecule has 9 nitrogen and oxygen atoms in total. The average Bonchev–Trinajstić information content (AvgIpc) is 2.59. The van der Waals surface area contributed by atoms with Crippen molar-refractivity contribution in [2.45, 2.75) is 45.6 Å². The quantitative estimate of drug-likeness (QED) is 0.386. The van der Waals surface area contributed by atoms with E-state index in [9.17, 15) is 19.2 Å². The predicted molar refractivity (Wildman–Crippen MR) is 79.7 cm³/mol. The first-order valence-electron chi connectivity index (χ1n) is 7.70. The summed E-state index contributed by atoms with van der Waals surface area (Å²) in [6.07, 6.45) is -1.01. The zero-order chi connectivity index (χ0) is 18.4. The number of rotatable bonds is 12. The average molecular weight is 348 g/mol. The van der Waals surface area contributed by atoms with Gasteiger partial charge < -0.3 is 24.1 Å². The fourth-order valence-corrected chi connectivity index (χ4v) is 1.37. The molecule has 9 heteroatoms. The van der Waals surface area contributed by atoms with Gasteiger partial charge in [-0.25, -0.2) is 0 Å². The summed E-state index contributed by atoms with van der Waals surface area (Å²) in [6.45, 7) is 2.28. The standard InChI is InChI=1S/C15H24O9/c1-3-12(17)22-9-11(24-13(18)4-2)10-23-15(20)6-5-14(19)21-8-7-16/h11,16H,3-10H2,1-2H3. The molecule has 0 rings (SSSR count). The van der Waals surface area contributed by atoms with Crippen LogP contribution in [-0.4, -0.2) is 61.5 Å². The Hall–Kier alpha value is -2.16. The molecule has 0 aliphatic heterocycles. The van der Waals surface area contributed by atoms with Crippen LogP contribution in [0.15, 0.2) is 0 Å². The van der Waals surface area contributed by atoms with E-state index >= 15 is 0 Å². The maximum Gasteiger partial charge on any atom is 0.306 e. The topological polar surface area (TPSA) is 125 Å². The van der Waals surface area contributed by atoms with Crippen LogP contribution in [0.25, 0.3) is 0 Å². The SMILES string of the molecule is CCC(=O)OCC(COC(=O)CCC(=O)OCCO)OC(=O)CC. The fourth-order valence-electron chi connectivity index (χ4n) is 1.37. The Morgan fingerprint density at radius 3 is 1.79 bits per heavy atom. The highest BCUT2D eigenvalue weighted by Gasteiger charge is 2.19. The van der Waals surface area contributed by atoms with Crippen LogP contribution in [0.2, 0.25) is 0 Å². The van der Waals surface area contributed by atoms with Crippen molar-refractivity contribution in [3.05, 3.63) is 0 Å². The van der Waals surface area contributed by atoms with Crippen molar-refractivity contribution in [2.24, 2.45) is 0 Å². The molecular weight excluding hydrogens is 324 g/mol. The molecule has 24 heavy (non-hydrogen) atoms. The third kappa shape index (κ3) is 11.4. The minimum Gasteiger partial charge on any atom is -0.463 e. The minimum atomic E-state index is -0.904. The van der Waals surface area contributed by atoms with Crippen LogP contribution >= 0.6 is 0 Å². The maximum atomic E-state index is 11.5. The van der Waals surface area contributed by atoms with Crippen molar-refractivity contribution in [1.29, 1.82) is 0 Å². The van der Waals surface area contributed by atoms with Crippen molar-refractivity contribution < 1.29 is 43.2 Å². The molecule has 1 N–H and O–H groups in total. The van der Waals surface area contributed by atoms with E-state index < -0.39 is 30.0 Å². The maximum absolute atomic E-state index is 11.5. The Morgan fingerprint density at radius 1 is 0.792 bits per heavy atom. The third-order valence-corrected chi connectivity index (χ3v) is 2.62. The summed E-state index contributed by atoms with van der Waals surface area (Å²) in [6, 6.07) is 0. The molecule has 0 aromatic carbocycles. The van der Waals surface area contributed by atoms with E-state index in [4.69, 9.17) is 19.3 Å². The van der Waals surface area contributed by atoms with E-state index in [1.807, 2.05) is 0 Å². The van der Waals surface area contributed by atoms with Crippen LogP contribution in [0, 0.1) is 0 Å². The highest BCUT2D eigenvalue weighted by molar-refractivity contribution is 5.77. The van der Waals surface area contributed by atoms with E-state index in [-0.39, 0.29) is 52.1 Å². The highest BCUT2D eigenvalue weighted by Crippen LogP contribution is 2.02. The molecule has 0 spiro atoms. The summed E-state index contributed by atoms with van der Waals surface area (Å²) in [5, 5.41) is 8.49. The van der Waals surface area contributed by atoms with Crippen LogP contribution in [0.4, 0.5) is 0 Å². The number of aliphatic hydroxyl groups is 1. The molecule has 0 amide bonds. The number of esters is 4. The molecule has 1 unspecified atom stereocenters. The van der Waals surface area contributed by atoms with Gasteiger partial charge in [0.2, 0.25) is 0 Å². The van der Waals surface area contributed by atoms with Crippen molar-refractivity contribution in [3.63, 3.8) is 0 Å². The van der Waals surface area contributed by atoms with Gasteiger partial charge in [0.1, 0.15) is 19.8 Å². The Bertz CT molecular complexity index is 419. The lowest BCUT2D eigenvalue weighted by molar-refractivity contribution is -0.167. The van der Waals surface area contributed by atoms with Gasteiger partial charge in [0, 0.05) is 12.8 Å². The van der Waals surface area contributed by atoms with Gasteiger partial charge in [-0.3, -0.25) is 19.2 Å². The second-order valence-corrected chi connectivity index (χ2v) is 4.63. The van der Waals surface area contributed by atoms with Gasteiger partial charge in [-0.05, 0) is 0 Å². The number of hydrogen-bond donors (Lipinski definition) is 1. The lowest BCUT2D eigenvalue weighted by atomic mass is 10.3. The first-order chi connectivity index (χ1) is 11.4. The summed E-state index contributed by atoms with van der Waals surface area (Å²) < 4.78 is 19.4. The number of ether oxygens (including phenoxy) is 4. The lowest BCUT2D eigenvalue weighted by Gasteiger charge is -2.17. The predicted octanol–water partition coefficient (Wildman–Crippen LogP) is 0.120. The van der Waals surface area contributed by atoms with Gasteiger partial charge in [-0.2, -0.15) is 0 Å². The van der Waals surface area contributed by atoms with Crippen LogP contribution in [-0.2, 0) is 38.1 Å². The third-order valence-electron chi connectivity index (χ3n) is 2.62. The van der Waals surface area contributed by atoms with Crippen LogP contribution < -0.4 is 0 Å². The van der Waals surface area contributed by atoms with E-state index in [1.165, 1.54) is 0 Å². The molecule has 0 aromatic heterocycles. The molecule has 0 aromatic rings. The van der Waals surface area contributed by atoms with Gasteiger partial charge in [0.05, 0.1) is 19.4 Å². The summed E-state index contributed by atoms with van der Waals surface area (Å²) in [7, 11) is 0. The molecule has 138 valence electrons. The van der Waals surface area contributed by atoms with Crippen LogP contribution in [0.3, 0.4) is 0 Å². The zero-order valence-electron chi connectivity index (χ0n) is 13.9. The molecule has 0 aliphatic rings. The first-order valence-corrected chi connectivity index (χ1v) is 7.70. The summed E-state index contributed by atoms with van der Waals surface area (Å²) >= 11 is 0. The van der Waals surface area contributed by atoms with E-state index in [2.05, 4.69) is 4.74 Å². The largest absolute Gasteiger partial charge is 0.463 e. The van der Waals surface area contributed by atoms with Gasteiger partial charge in [0.15, 0.2) is 6.10 Å². The molecular formula is C15H24O9. The molecule has 0 radical (unpaired) electrons. The smallest absolute Gasteiger partial charge is 0.306 e. The second-order valence-electron chi connectivity index (χ2n) is 4.63. The number of carbonyl (C=O) groups excluding carboxylic acids is 4. The van der Waals surface area contributed by atoms with Gasteiger partial charge >= 0.3 is 23.9 Å². The number of carbonyl (C=O) groups is 4. The first kappa shape index (κ1) is 21.8. The highest BCUT2D eigenvalue weighted by atomic mass is 16.6. The molecule has 0 heterocycles. The fraction of sp³-hybridized carbons (Fsp3) is 0.733. The Morgan fingerprint density at radius 2 is 1.29 bits per heavy atom. The Balaban J connectivity index is 4.21. The van der Waals surface area contributed by atoms with Crippen molar-refractivity contribution >= 4 is 23.9 Å². The second kappa shape index (κ2) is 13.3. The van der Waals surface area contributed by atoms with Gasteiger partial charge in [-0.15, -0.1) is 0 Å². The lowest BCUT2D eigenvalue weighted by Crippen LogP contribution is -2.30. The normalized spacial score (nSPS) is 11.3. The summed E-state index contributed by atoms with van der Waals surface area (Å²) in [4.78, 5) is 45.2. The van der Waals surface area contributed by atoms with E-state index in [1.54, 1.807) is 13.8 Å². The minimum absolute atomic E-state index is 0.128. The van der Waals surface area contributed by atoms with Crippen molar-refractivity contribution in [2.75, 3.05) is 26.4 Å². The van der Waals surface area contributed by atoms with Crippen molar-refractivity contribution in [3.8, 4) is 0 Å². The Kier molecular flexibility index (Phi) is 12.1. The molecule has 0 aliphatic carbocycles. The van der Waals surface area contributed by atoms with Crippen LogP contribution in [0.1, 0.15) is 39.5 Å². The molecule has 0 fully saturated rings.